The van der Waals surface area contributed by atoms with Crippen molar-refractivity contribution in [2.45, 2.75) is 0 Å². The van der Waals surface area contributed by atoms with Gasteiger partial charge in [0, 0.05) is 10.8 Å². The lowest BCUT2D eigenvalue weighted by Crippen LogP contribution is -1.91. The van der Waals surface area contributed by atoms with Crippen molar-refractivity contribution >= 4 is 54.3 Å². The van der Waals surface area contributed by atoms with Gasteiger partial charge in [-0.05, 0) is 72.7 Å². The Labute approximate surface area is 245 Å². The maximum atomic E-state index is 9.54. The summed E-state index contributed by atoms with van der Waals surface area (Å²) < 4.78 is 200. The third kappa shape index (κ3) is 2.98. The lowest BCUT2D eigenvalue weighted by Gasteiger charge is -2.18. The minimum Gasteiger partial charge on any atom is -0.456 e. The molecule has 0 bridgehead atoms. The number of para-hydroxylation sites is 1. The third-order valence-corrected chi connectivity index (χ3v) is 6.07. The molecule has 1 nitrogen and oxygen atoms in total. The maximum Gasteiger partial charge on any atom is 0.135 e. The Balaban J connectivity index is 1.79. The third-order valence-electron chi connectivity index (χ3n) is 6.07. The van der Waals surface area contributed by atoms with Crippen LogP contribution in [0.3, 0.4) is 0 Å². The van der Waals surface area contributed by atoms with Crippen molar-refractivity contribution in [3.05, 3.63) is 133 Å². The van der Waals surface area contributed by atoms with Gasteiger partial charge in [0.2, 0.25) is 0 Å². The van der Waals surface area contributed by atoms with E-state index in [4.69, 9.17) is 26.3 Å². The van der Waals surface area contributed by atoms with Gasteiger partial charge < -0.3 is 4.42 Å². The maximum absolute atomic E-state index is 9.54. The van der Waals surface area contributed by atoms with Crippen molar-refractivity contribution in [3.63, 3.8) is 0 Å². The normalized spacial score (nSPS) is 20.1. The Hall–Kier alpha value is -4.88. The fourth-order valence-electron chi connectivity index (χ4n) is 4.55. The first kappa shape index (κ1) is 8.33. The van der Waals surface area contributed by atoms with E-state index >= 15 is 0 Å². The summed E-state index contributed by atoms with van der Waals surface area (Å²) in [5, 5.41) is -4.47. The Bertz CT molecular complexity index is 3260. The van der Waals surface area contributed by atoms with Gasteiger partial charge in [0.25, 0.3) is 0 Å². The molecule has 7 aromatic carbocycles. The number of rotatable bonds is 2. The van der Waals surface area contributed by atoms with E-state index in [-0.39, 0.29) is 5.39 Å². The van der Waals surface area contributed by atoms with Crippen LogP contribution in [0.2, 0.25) is 0 Å². The van der Waals surface area contributed by atoms with Crippen LogP contribution >= 0.6 is 0 Å². The summed E-state index contributed by atoms with van der Waals surface area (Å²) in [5.74, 6) is 0. The van der Waals surface area contributed by atoms with Gasteiger partial charge in [-0.15, -0.1) is 0 Å². The molecule has 0 aliphatic carbocycles. The van der Waals surface area contributed by atoms with Gasteiger partial charge in [0.05, 0.1) is 30.2 Å². The molecular formula is C36H22O. The van der Waals surface area contributed by atoms with Crippen LogP contribution in [0, 0.1) is 0 Å². The molecule has 1 heterocycles. The van der Waals surface area contributed by atoms with Crippen LogP contribution in [0.25, 0.3) is 76.5 Å². The fraction of sp³-hybridized carbons (Fsp3) is 0. The lowest BCUT2D eigenvalue weighted by molar-refractivity contribution is 0.669. The number of benzene rings is 7. The average Bonchev–Trinajstić information content (AvgIpc) is 3.62. The van der Waals surface area contributed by atoms with Gasteiger partial charge in [0.15, 0.2) is 0 Å². The van der Waals surface area contributed by atoms with Crippen LogP contribution in [-0.4, -0.2) is 0 Å². The van der Waals surface area contributed by atoms with E-state index in [0.29, 0.717) is 0 Å². The molecule has 0 radical (unpaired) electrons. The number of furan rings is 1. The summed E-state index contributed by atoms with van der Waals surface area (Å²) in [7, 11) is 0. The van der Waals surface area contributed by atoms with E-state index in [1.165, 1.54) is 0 Å². The summed E-state index contributed by atoms with van der Waals surface area (Å²) in [6, 6.07) is -18.4. The quantitative estimate of drug-likeness (QED) is 0.219. The first-order chi connectivity index (χ1) is 27.5. The number of hydrogen-bond donors (Lipinski definition) is 0. The second-order valence-corrected chi connectivity index (χ2v) is 8.01. The van der Waals surface area contributed by atoms with Crippen molar-refractivity contribution in [2.75, 3.05) is 0 Å². The highest BCUT2D eigenvalue weighted by molar-refractivity contribution is 6.24. The summed E-state index contributed by atoms with van der Waals surface area (Å²) in [4.78, 5) is 0. The second kappa shape index (κ2) is 7.81. The Morgan fingerprint density at radius 2 is 0.946 bits per heavy atom. The molecule has 0 N–H and O–H groups in total. The monoisotopic (exact) mass is 492 g/mol. The van der Waals surface area contributed by atoms with Crippen LogP contribution in [0.4, 0.5) is 0 Å². The van der Waals surface area contributed by atoms with Crippen LogP contribution in [0.1, 0.15) is 30.2 Å². The first-order valence-corrected chi connectivity index (χ1v) is 10.9. The van der Waals surface area contributed by atoms with E-state index in [9.17, 15) is 8.22 Å². The zero-order valence-electron chi connectivity index (χ0n) is 40.4. The zero-order chi connectivity index (χ0) is 43.5. The Morgan fingerprint density at radius 3 is 1.68 bits per heavy atom. The van der Waals surface area contributed by atoms with E-state index < -0.39 is 204 Å². The van der Waals surface area contributed by atoms with Crippen LogP contribution < -0.4 is 0 Å². The van der Waals surface area contributed by atoms with Crippen molar-refractivity contribution in [3.8, 4) is 22.3 Å². The molecule has 0 aliphatic heterocycles. The molecule has 0 spiro atoms. The van der Waals surface area contributed by atoms with Crippen molar-refractivity contribution in [1.82, 2.24) is 0 Å². The van der Waals surface area contributed by atoms with Crippen LogP contribution in [-0.2, 0) is 0 Å². The molecule has 0 amide bonds. The van der Waals surface area contributed by atoms with Gasteiger partial charge in [-0.25, -0.2) is 0 Å². The summed E-state index contributed by atoms with van der Waals surface area (Å²) in [5.41, 5.74) is -3.52. The second-order valence-electron chi connectivity index (χ2n) is 8.01. The van der Waals surface area contributed by atoms with E-state index in [0.717, 1.165) is 0 Å². The smallest absolute Gasteiger partial charge is 0.135 e. The van der Waals surface area contributed by atoms with Gasteiger partial charge in [-0.3, -0.25) is 0 Å². The van der Waals surface area contributed by atoms with Gasteiger partial charge >= 0.3 is 0 Å². The summed E-state index contributed by atoms with van der Waals surface area (Å²) in [6.45, 7) is 0. The lowest BCUT2D eigenvalue weighted by atomic mass is 9.84. The van der Waals surface area contributed by atoms with Crippen molar-refractivity contribution in [1.29, 1.82) is 0 Å². The van der Waals surface area contributed by atoms with Gasteiger partial charge in [0.1, 0.15) is 11.2 Å². The highest BCUT2D eigenvalue weighted by atomic mass is 16.3. The van der Waals surface area contributed by atoms with Gasteiger partial charge in [-0.1, -0.05) is 115 Å². The SMILES string of the molecule is [2H]c1c([2H])c([2H])c2c(oc3c([2H])c([2H])c(-c4c5c([2H])c([2H])c([2H])c([2H])c5c(-c5c([2H])c([2H])c([2H])c6c([2H])c([2H])c([2H])c([2H])c56)c5c([2H])c([2H])c([2H])c([2H])c45)c([2H])c32)c1[2H]. The number of fused-ring (bicyclic) bond motifs is 6. The minimum absolute atomic E-state index is 0.377. The number of hydrogen-bond acceptors (Lipinski definition) is 1. The highest BCUT2D eigenvalue weighted by Gasteiger charge is 2.18. The molecule has 0 saturated carbocycles. The molecule has 8 rings (SSSR count). The highest BCUT2D eigenvalue weighted by Crippen LogP contribution is 2.45. The molecule has 37 heavy (non-hydrogen) atoms. The molecule has 0 saturated heterocycles. The molecule has 1 aromatic heterocycles. The van der Waals surface area contributed by atoms with E-state index in [1.54, 1.807) is 0 Å². The van der Waals surface area contributed by atoms with Gasteiger partial charge in [-0.2, -0.15) is 0 Å². The van der Waals surface area contributed by atoms with E-state index in [1.807, 2.05) is 0 Å². The Morgan fingerprint density at radius 1 is 0.405 bits per heavy atom. The molecule has 8 aromatic rings. The predicted molar refractivity (Wildman–Crippen MR) is 157 cm³/mol. The minimum atomic E-state index is -0.915. The summed E-state index contributed by atoms with van der Waals surface area (Å²) in [6.07, 6.45) is 0. The standard InChI is InChI=1S/C36H22O/c1-2-12-25-23(10-1)11-9-18-27(25)36-30-16-5-3-14-28(30)35(29-15-4-6-17-31(29)36)24-20-21-34-32(22-24)26-13-7-8-19-33(26)37-34/h1-22H/i1D,2D,3D,4D,5D,6D,7D,8D,9D,10D,11D,12D,13D,14D,15D,16D,17D,18D,19D,20D,21D,22D. The first-order valence-electron chi connectivity index (χ1n) is 21.9. The molecule has 0 aliphatic rings. The molecule has 1 heteroatoms. The molecular weight excluding hydrogens is 448 g/mol. The van der Waals surface area contributed by atoms with Crippen molar-refractivity contribution in [2.24, 2.45) is 0 Å². The fourth-order valence-corrected chi connectivity index (χ4v) is 4.55. The molecule has 0 atom stereocenters. The van der Waals surface area contributed by atoms with Crippen LogP contribution in [0.5, 0.6) is 0 Å². The Kier molecular flexibility index (Phi) is 1.76. The largest absolute Gasteiger partial charge is 0.456 e. The topological polar surface area (TPSA) is 13.1 Å². The molecule has 172 valence electrons. The molecule has 0 fully saturated rings. The molecule has 0 unspecified atom stereocenters. The summed E-state index contributed by atoms with van der Waals surface area (Å²) >= 11 is 0. The van der Waals surface area contributed by atoms with E-state index in [2.05, 4.69) is 0 Å². The van der Waals surface area contributed by atoms with Crippen molar-refractivity contribution < 1.29 is 34.6 Å². The average molecular weight is 493 g/mol. The van der Waals surface area contributed by atoms with Crippen LogP contribution in [0.15, 0.2) is 137 Å². The zero-order valence-corrected chi connectivity index (χ0v) is 18.4. The predicted octanol–water partition coefficient (Wildman–Crippen LogP) is 10.4.